The molecule has 1 N–H and O–H groups in total. The lowest BCUT2D eigenvalue weighted by Crippen LogP contribution is -2.22. The highest BCUT2D eigenvalue weighted by atomic mass is 16.1. The Balaban J connectivity index is 3.00. The van der Waals surface area contributed by atoms with E-state index in [0.717, 1.165) is 25.2 Å². The third kappa shape index (κ3) is 1.95. The van der Waals surface area contributed by atoms with Crippen LogP contribution in [0.15, 0.2) is 6.20 Å². The van der Waals surface area contributed by atoms with Gasteiger partial charge in [0.25, 0.3) is 5.91 Å². The van der Waals surface area contributed by atoms with Gasteiger partial charge in [-0.1, -0.05) is 6.92 Å². The van der Waals surface area contributed by atoms with Gasteiger partial charge in [-0.05, 0) is 13.3 Å². The van der Waals surface area contributed by atoms with Crippen molar-refractivity contribution >= 4 is 5.91 Å². The van der Waals surface area contributed by atoms with Crippen LogP contribution in [0.3, 0.4) is 0 Å². The first-order valence-corrected chi connectivity index (χ1v) is 5.01. The lowest BCUT2D eigenvalue weighted by Gasteiger charge is -2.07. The minimum Gasteiger partial charge on any atom is -0.354 e. The standard InChI is InChI=1S/C10H17N3O/c1-4-6-9-12-7-8(10(14)11-3)13(9)5-2/h7H,4-6H2,1-3H3,(H,11,14). The molecule has 1 amide bonds. The molecular weight excluding hydrogens is 178 g/mol. The predicted molar refractivity (Wildman–Crippen MR) is 55.3 cm³/mol. The second-order valence-corrected chi connectivity index (χ2v) is 3.13. The first kappa shape index (κ1) is 10.8. The fraction of sp³-hybridized carbons (Fsp3) is 0.600. The Morgan fingerprint density at radius 3 is 2.79 bits per heavy atom. The van der Waals surface area contributed by atoms with Crippen molar-refractivity contribution in [3.05, 3.63) is 17.7 Å². The fourth-order valence-electron chi connectivity index (χ4n) is 1.50. The minimum atomic E-state index is -0.0679. The maximum atomic E-state index is 11.4. The zero-order chi connectivity index (χ0) is 10.6. The largest absolute Gasteiger partial charge is 0.354 e. The van der Waals surface area contributed by atoms with E-state index in [1.165, 1.54) is 0 Å². The highest BCUT2D eigenvalue weighted by Crippen LogP contribution is 2.07. The second-order valence-electron chi connectivity index (χ2n) is 3.13. The number of aryl methyl sites for hydroxylation is 1. The van der Waals surface area contributed by atoms with Gasteiger partial charge in [0.2, 0.25) is 0 Å². The molecule has 0 aromatic carbocycles. The van der Waals surface area contributed by atoms with E-state index in [4.69, 9.17) is 0 Å². The summed E-state index contributed by atoms with van der Waals surface area (Å²) in [6.45, 7) is 4.92. The van der Waals surface area contributed by atoms with Crippen LogP contribution < -0.4 is 5.32 Å². The van der Waals surface area contributed by atoms with E-state index >= 15 is 0 Å². The van der Waals surface area contributed by atoms with Crippen LogP contribution in [-0.4, -0.2) is 22.5 Å². The number of aromatic nitrogens is 2. The van der Waals surface area contributed by atoms with Crippen molar-refractivity contribution in [2.75, 3.05) is 7.05 Å². The summed E-state index contributed by atoms with van der Waals surface area (Å²) in [6, 6.07) is 0. The number of nitrogens with one attached hydrogen (secondary N) is 1. The normalized spacial score (nSPS) is 10.2. The Bertz CT molecular complexity index is 317. The molecule has 78 valence electrons. The van der Waals surface area contributed by atoms with Gasteiger partial charge in [0, 0.05) is 20.0 Å². The molecular formula is C10H17N3O. The van der Waals surface area contributed by atoms with Gasteiger partial charge in [-0.15, -0.1) is 0 Å². The number of carbonyl (C=O) groups excluding carboxylic acids is 1. The SMILES string of the molecule is CCCc1ncc(C(=O)NC)n1CC. The molecule has 0 saturated heterocycles. The number of carbonyl (C=O) groups is 1. The van der Waals surface area contributed by atoms with Crippen LogP contribution in [0.4, 0.5) is 0 Å². The zero-order valence-corrected chi connectivity index (χ0v) is 9.00. The maximum Gasteiger partial charge on any atom is 0.269 e. The second kappa shape index (κ2) is 4.79. The lowest BCUT2D eigenvalue weighted by atomic mass is 10.3. The van der Waals surface area contributed by atoms with Gasteiger partial charge in [0.1, 0.15) is 11.5 Å². The van der Waals surface area contributed by atoms with E-state index in [-0.39, 0.29) is 5.91 Å². The van der Waals surface area contributed by atoms with Crippen LogP contribution in [-0.2, 0) is 13.0 Å². The molecule has 4 heteroatoms. The Labute approximate surface area is 84.3 Å². The van der Waals surface area contributed by atoms with Crippen LogP contribution >= 0.6 is 0 Å². The highest BCUT2D eigenvalue weighted by Gasteiger charge is 2.12. The molecule has 0 atom stereocenters. The van der Waals surface area contributed by atoms with E-state index in [1.54, 1.807) is 13.2 Å². The number of imidazole rings is 1. The van der Waals surface area contributed by atoms with E-state index in [1.807, 2.05) is 11.5 Å². The Kier molecular flexibility index (Phi) is 3.68. The Morgan fingerprint density at radius 1 is 1.57 bits per heavy atom. The molecule has 0 aliphatic carbocycles. The molecule has 4 nitrogen and oxygen atoms in total. The highest BCUT2D eigenvalue weighted by molar-refractivity contribution is 5.92. The van der Waals surface area contributed by atoms with E-state index in [9.17, 15) is 4.79 Å². The van der Waals surface area contributed by atoms with Gasteiger partial charge in [0.05, 0.1) is 6.20 Å². The van der Waals surface area contributed by atoms with Gasteiger partial charge in [-0.2, -0.15) is 0 Å². The van der Waals surface area contributed by atoms with Gasteiger partial charge in [-0.3, -0.25) is 4.79 Å². The smallest absolute Gasteiger partial charge is 0.269 e. The average molecular weight is 195 g/mol. The maximum absolute atomic E-state index is 11.4. The minimum absolute atomic E-state index is 0.0679. The molecule has 0 aliphatic rings. The number of amides is 1. The summed E-state index contributed by atoms with van der Waals surface area (Å²) in [6.07, 6.45) is 3.61. The predicted octanol–water partition coefficient (Wildman–Crippen LogP) is 1.22. The Morgan fingerprint density at radius 2 is 2.29 bits per heavy atom. The molecule has 0 radical (unpaired) electrons. The number of hydrogen-bond acceptors (Lipinski definition) is 2. The summed E-state index contributed by atoms with van der Waals surface area (Å²) in [5.74, 6) is 0.926. The fourth-order valence-corrected chi connectivity index (χ4v) is 1.50. The first-order valence-electron chi connectivity index (χ1n) is 5.01. The summed E-state index contributed by atoms with van der Waals surface area (Å²) >= 11 is 0. The molecule has 1 heterocycles. The number of hydrogen-bond donors (Lipinski definition) is 1. The average Bonchev–Trinajstić information content (AvgIpc) is 2.60. The molecule has 1 aromatic heterocycles. The summed E-state index contributed by atoms with van der Waals surface area (Å²) in [5, 5.41) is 2.61. The molecule has 1 rings (SSSR count). The van der Waals surface area contributed by atoms with Crippen LogP contribution in [0.5, 0.6) is 0 Å². The molecule has 0 unspecified atom stereocenters. The monoisotopic (exact) mass is 195 g/mol. The van der Waals surface area contributed by atoms with Crippen molar-refractivity contribution in [3.8, 4) is 0 Å². The molecule has 14 heavy (non-hydrogen) atoms. The van der Waals surface area contributed by atoms with Gasteiger partial charge >= 0.3 is 0 Å². The third-order valence-electron chi connectivity index (χ3n) is 2.19. The van der Waals surface area contributed by atoms with Gasteiger partial charge in [0.15, 0.2) is 0 Å². The molecule has 0 spiro atoms. The van der Waals surface area contributed by atoms with Gasteiger partial charge < -0.3 is 9.88 Å². The molecule has 0 saturated carbocycles. The van der Waals surface area contributed by atoms with Crippen molar-refractivity contribution < 1.29 is 4.79 Å². The summed E-state index contributed by atoms with van der Waals surface area (Å²) in [4.78, 5) is 15.7. The molecule has 0 bridgehead atoms. The lowest BCUT2D eigenvalue weighted by molar-refractivity contribution is 0.0953. The molecule has 1 aromatic rings. The number of rotatable bonds is 4. The van der Waals surface area contributed by atoms with Crippen LogP contribution in [0.25, 0.3) is 0 Å². The van der Waals surface area contributed by atoms with E-state index in [2.05, 4.69) is 17.2 Å². The third-order valence-corrected chi connectivity index (χ3v) is 2.19. The quantitative estimate of drug-likeness (QED) is 0.785. The van der Waals surface area contributed by atoms with E-state index < -0.39 is 0 Å². The summed E-state index contributed by atoms with van der Waals surface area (Å²) in [7, 11) is 1.63. The van der Waals surface area contributed by atoms with Crippen LogP contribution in [0.1, 0.15) is 36.6 Å². The summed E-state index contributed by atoms with van der Waals surface area (Å²) in [5.41, 5.74) is 0.651. The van der Waals surface area contributed by atoms with Gasteiger partial charge in [-0.25, -0.2) is 4.98 Å². The van der Waals surface area contributed by atoms with Crippen molar-refractivity contribution in [2.24, 2.45) is 0 Å². The first-order chi connectivity index (χ1) is 6.74. The van der Waals surface area contributed by atoms with Crippen LogP contribution in [0, 0.1) is 0 Å². The molecule has 0 aliphatic heterocycles. The van der Waals surface area contributed by atoms with Crippen molar-refractivity contribution in [3.63, 3.8) is 0 Å². The number of nitrogens with zero attached hydrogens (tertiary/aromatic N) is 2. The molecule has 0 fully saturated rings. The van der Waals surface area contributed by atoms with Crippen molar-refractivity contribution in [2.45, 2.75) is 33.2 Å². The van der Waals surface area contributed by atoms with E-state index in [0.29, 0.717) is 5.69 Å². The topological polar surface area (TPSA) is 46.9 Å². The summed E-state index contributed by atoms with van der Waals surface area (Å²) < 4.78 is 1.96. The van der Waals surface area contributed by atoms with Crippen LogP contribution in [0.2, 0.25) is 0 Å². The van der Waals surface area contributed by atoms with Crippen molar-refractivity contribution in [1.29, 1.82) is 0 Å². The Hall–Kier alpha value is -1.32. The zero-order valence-electron chi connectivity index (χ0n) is 9.00. The van der Waals surface area contributed by atoms with Crippen molar-refractivity contribution in [1.82, 2.24) is 14.9 Å².